The van der Waals surface area contributed by atoms with Gasteiger partial charge in [-0.25, -0.2) is 4.98 Å². The zero-order valence-corrected chi connectivity index (χ0v) is 15.5. The molecule has 3 aromatic rings. The third kappa shape index (κ3) is 3.86. The molecule has 3 nitrogen and oxygen atoms in total. The van der Waals surface area contributed by atoms with Crippen LogP contribution in [0.25, 0.3) is 10.6 Å². The third-order valence-corrected chi connectivity index (χ3v) is 5.96. The molecular weight excluding hydrogens is 340 g/mol. The van der Waals surface area contributed by atoms with E-state index in [1.54, 1.807) is 11.3 Å². The fraction of sp³-hybridized carbons (Fsp3) is 0.273. The maximum atomic E-state index is 12.6. The molecule has 26 heavy (non-hydrogen) atoms. The maximum Gasteiger partial charge on any atom is 0.228 e. The number of nitrogens with zero attached hydrogens (tertiary/aromatic N) is 2. The minimum atomic E-state index is 0.196. The van der Waals surface area contributed by atoms with Crippen molar-refractivity contribution in [2.45, 2.75) is 25.2 Å². The summed E-state index contributed by atoms with van der Waals surface area (Å²) in [4.78, 5) is 19.3. The smallest absolute Gasteiger partial charge is 0.228 e. The quantitative estimate of drug-likeness (QED) is 0.670. The number of amides is 1. The third-order valence-electron chi connectivity index (χ3n) is 5.02. The van der Waals surface area contributed by atoms with E-state index in [1.165, 1.54) is 5.56 Å². The second kappa shape index (κ2) is 7.83. The normalized spacial score (nSPS) is 15.2. The zero-order chi connectivity index (χ0) is 17.8. The Morgan fingerprint density at radius 3 is 2.35 bits per heavy atom. The molecule has 2 heterocycles. The lowest BCUT2D eigenvalue weighted by atomic mass is 9.89. The molecular formula is C22H22N2OS. The van der Waals surface area contributed by atoms with Crippen LogP contribution < -0.4 is 0 Å². The molecule has 0 aliphatic carbocycles. The highest BCUT2D eigenvalue weighted by Crippen LogP contribution is 2.28. The van der Waals surface area contributed by atoms with E-state index in [0.29, 0.717) is 12.3 Å². The number of piperidine rings is 1. The van der Waals surface area contributed by atoms with E-state index in [4.69, 9.17) is 0 Å². The first-order chi connectivity index (χ1) is 12.8. The summed E-state index contributed by atoms with van der Waals surface area (Å²) in [6, 6.07) is 20.8. The van der Waals surface area contributed by atoms with Gasteiger partial charge >= 0.3 is 0 Å². The Labute approximate surface area is 158 Å². The summed E-state index contributed by atoms with van der Waals surface area (Å²) < 4.78 is 0. The summed E-state index contributed by atoms with van der Waals surface area (Å²) in [5.41, 5.74) is 3.38. The number of rotatable bonds is 4. The molecule has 1 aliphatic rings. The fourth-order valence-corrected chi connectivity index (χ4v) is 4.38. The van der Waals surface area contributed by atoms with E-state index in [2.05, 4.69) is 47.4 Å². The van der Waals surface area contributed by atoms with Crippen molar-refractivity contribution in [2.24, 2.45) is 0 Å². The summed E-state index contributed by atoms with van der Waals surface area (Å²) in [5, 5.41) is 2.99. The number of carbonyl (C=O) groups is 1. The topological polar surface area (TPSA) is 33.2 Å². The first kappa shape index (κ1) is 17.0. The molecule has 1 aliphatic heterocycles. The van der Waals surface area contributed by atoms with Crippen molar-refractivity contribution in [3.05, 3.63) is 77.3 Å². The Bertz CT molecular complexity index is 852. The number of benzene rings is 2. The van der Waals surface area contributed by atoms with Gasteiger partial charge in [0, 0.05) is 24.0 Å². The van der Waals surface area contributed by atoms with Crippen LogP contribution in [0.15, 0.2) is 66.0 Å². The van der Waals surface area contributed by atoms with Crippen molar-refractivity contribution in [1.82, 2.24) is 9.88 Å². The fourth-order valence-electron chi connectivity index (χ4n) is 3.56. The summed E-state index contributed by atoms with van der Waals surface area (Å²) in [5.74, 6) is 0.769. The number of carbonyl (C=O) groups excluding carboxylic acids is 1. The Balaban J connectivity index is 1.34. The molecule has 0 N–H and O–H groups in total. The Morgan fingerprint density at radius 1 is 1.00 bits per heavy atom. The van der Waals surface area contributed by atoms with Gasteiger partial charge in [0.15, 0.2) is 0 Å². The van der Waals surface area contributed by atoms with Crippen LogP contribution in [0, 0.1) is 0 Å². The van der Waals surface area contributed by atoms with Gasteiger partial charge < -0.3 is 4.90 Å². The number of hydrogen-bond donors (Lipinski definition) is 0. The van der Waals surface area contributed by atoms with Gasteiger partial charge in [0.1, 0.15) is 5.01 Å². The lowest BCUT2D eigenvalue weighted by Crippen LogP contribution is -2.38. The van der Waals surface area contributed by atoms with Crippen LogP contribution in [0.1, 0.15) is 30.0 Å². The average Bonchev–Trinajstić information content (AvgIpc) is 3.18. The second-order valence-electron chi connectivity index (χ2n) is 6.75. The van der Waals surface area contributed by atoms with Crippen molar-refractivity contribution >= 4 is 17.2 Å². The lowest BCUT2D eigenvalue weighted by Gasteiger charge is -2.32. The summed E-state index contributed by atoms with van der Waals surface area (Å²) in [6.45, 7) is 1.68. The van der Waals surface area contributed by atoms with Crippen molar-refractivity contribution in [1.29, 1.82) is 0 Å². The maximum absolute atomic E-state index is 12.6. The van der Waals surface area contributed by atoms with Crippen molar-refractivity contribution in [3.8, 4) is 10.6 Å². The molecule has 0 radical (unpaired) electrons. The van der Waals surface area contributed by atoms with Crippen molar-refractivity contribution in [2.75, 3.05) is 13.1 Å². The van der Waals surface area contributed by atoms with Gasteiger partial charge in [-0.1, -0.05) is 60.7 Å². The molecule has 132 valence electrons. The average molecular weight is 362 g/mol. The largest absolute Gasteiger partial charge is 0.342 e. The minimum absolute atomic E-state index is 0.196. The lowest BCUT2D eigenvalue weighted by molar-refractivity contribution is -0.131. The molecule has 1 saturated heterocycles. The van der Waals surface area contributed by atoms with Gasteiger partial charge in [-0.3, -0.25) is 4.79 Å². The van der Waals surface area contributed by atoms with Gasteiger partial charge in [0.05, 0.1) is 12.1 Å². The number of likely N-dealkylation sites (tertiary alicyclic amines) is 1. The van der Waals surface area contributed by atoms with Crippen molar-refractivity contribution in [3.63, 3.8) is 0 Å². The molecule has 4 heteroatoms. The van der Waals surface area contributed by atoms with Gasteiger partial charge in [-0.2, -0.15) is 0 Å². The molecule has 0 spiro atoms. The van der Waals surface area contributed by atoms with E-state index in [0.717, 1.165) is 42.2 Å². The van der Waals surface area contributed by atoms with E-state index < -0.39 is 0 Å². The van der Waals surface area contributed by atoms with Gasteiger partial charge in [-0.15, -0.1) is 11.3 Å². The molecule has 1 aromatic heterocycles. The number of thiazole rings is 1. The highest BCUT2D eigenvalue weighted by atomic mass is 32.1. The molecule has 1 amide bonds. The number of aromatic nitrogens is 1. The van der Waals surface area contributed by atoms with E-state index >= 15 is 0 Å². The summed E-state index contributed by atoms with van der Waals surface area (Å²) in [7, 11) is 0. The van der Waals surface area contributed by atoms with E-state index in [9.17, 15) is 4.79 Å². The second-order valence-corrected chi connectivity index (χ2v) is 7.61. The van der Waals surface area contributed by atoms with Gasteiger partial charge in [0.2, 0.25) is 5.91 Å². The van der Waals surface area contributed by atoms with Crippen LogP contribution in [0.4, 0.5) is 0 Å². The first-order valence-corrected chi connectivity index (χ1v) is 10.00. The van der Waals surface area contributed by atoms with Crippen molar-refractivity contribution < 1.29 is 4.79 Å². The first-order valence-electron chi connectivity index (χ1n) is 9.12. The molecule has 0 bridgehead atoms. The molecule has 4 rings (SSSR count). The van der Waals surface area contributed by atoms with E-state index in [1.807, 2.05) is 28.5 Å². The van der Waals surface area contributed by atoms with Crippen LogP contribution in [0.3, 0.4) is 0 Å². The molecule has 0 saturated carbocycles. The van der Waals surface area contributed by atoms with Crippen LogP contribution in [-0.4, -0.2) is 28.9 Å². The monoisotopic (exact) mass is 362 g/mol. The Hall–Kier alpha value is -2.46. The summed E-state index contributed by atoms with van der Waals surface area (Å²) >= 11 is 1.61. The highest BCUT2D eigenvalue weighted by Gasteiger charge is 2.24. The Kier molecular flexibility index (Phi) is 5.12. The predicted octanol–water partition coefficient (Wildman–Crippen LogP) is 4.76. The van der Waals surface area contributed by atoms with Crippen LogP contribution in [0.2, 0.25) is 0 Å². The predicted molar refractivity (Wildman–Crippen MR) is 106 cm³/mol. The highest BCUT2D eigenvalue weighted by molar-refractivity contribution is 7.13. The van der Waals surface area contributed by atoms with Crippen LogP contribution in [0.5, 0.6) is 0 Å². The molecule has 1 fully saturated rings. The van der Waals surface area contributed by atoms with E-state index in [-0.39, 0.29) is 5.91 Å². The van der Waals surface area contributed by atoms with Gasteiger partial charge in [-0.05, 0) is 24.3 Å². The zero-order valence-electron chi connectivity index (χ0n) is 14.7. The van der Waals surface area contributed by atoms with Crippen LogP contribution in [-0.2, 0) is 11.2 Å². The number of hydrogen-bond acceptors (Lipinski definition) is 3. The minimum Gasteiger partial charge on any atom is -0.342 e. The summed E-state index contributed by atoms with van der Waals surface area (Å²) in [6.07, 6.45) is 2.49. The molecule has 0 atom stereocenters. The molecule has 2 aromatic carbocycles. The van der Waals surface area contributed by atoms with Gasteiger partial charge in [0.25, 0.3) is 0 Å². The SMILES string of the molecule is O=C(Cc1csc(-c2ccccc2)n1)N1CCC(c2ccccc2)CC1. The standard InChI is InChI=1S/C22H22N2OS/c25-21(15-20-16-26-22(23-20)19-9-5-2-6-10-19)24-13-11-18(12-14-24)17-7-3-1-4-8-17/h1-10,16,18H,11-15H2. The van der Waals surface area contributed by atoms with Crippen LogP contribution >= 0.6 is 11.3 Å². The molecule has 0 unspecified atom stereocenters. The Morgan fingerprint density at radius 2 is 1.65 bits per heavy atom.